The molecule has 0 bridgehead atoms. The van der Waals surface area contributed by atoms with Gasteiger partial charge in [0.25, 0.3) is 5.91 Å². The van der Waals surface area contributed by atoms with Crippen LogP contribution in [0.4, 0.5) is 5.95 Å². The SMILES string of the molecule is Cc1cc(O)c2c(c1)nc(NC(=O)c1ccnc(C)c1)n2C1CCCCN(C(=O)/C=C/CN(C)C)C1. The molecule has 190 valence electrons. The second-order valence-corrected chi connectivity index (χ2v) is 9.70. The third-order valence-electron chi connectivity index (χ3n) is 6.35. The Morgan fingerprint density at radius 3 is 2.78 bits per heavy atom. The van der Waals surface area contributed by atoms with Gasteiger partial charge < -0.3 is 19.5 Å². The monoisotopic (exact) mass is 490 g/mol. The van der Waals surface area contributed by atoms with E-state index in [1.807, 2.05) is 54.5 Å². The third kappa shape index (κ3) is 5.73. The third-order valence-corrected chi connectivity index (χ3v) is 6.35. The molecule has 1 aromatic carbocycles. The van der Waals surface area contributed by atoms with Gasteiger partial charge in [0.05, 0.1) is 11.6 Å². The van der Waals surface area contributed by atoms with Gasteiger partial charge in [-0.05, 0) is 77.0 Å². The number of phenols is 1. The smallest absolute Gasteiger partial charge is 0.258 e. The van der Waals surface area contributed by atoms with Crippen molar-refractivity contribution < 1.29 is 14.7 Å². The number of likely N-dealkylation sites (N-methyl/N-ethyl adjacent to an activating group) is 1. The number of fused-ring (bicyclic) bond motifs is 1. The molecule has 1 aliphatic heterocycles. The quantitative estimate of drug-likeness (QED) is 0.511. The zero-order valence-corrected chi connectivity index (χ0v) is 21.4. The Morgan fingerprint density at radius 2 is 2.03 bits per heavy atom. The molecule has 1 aliphatic rings. The molecule has 2 aromatic heterocycles. The summed E-state index contributed by atoms with van der Waals surface area (Å²) in [7, 11) is 3.91. The van der Waals surface area contributed by atoms with E-state index in [0.717, 1.165) is 30.5 Å². The van der Waals surface area contributed by atoms with E-state index in [-0.39, 0.29) is 23.6 Å². The van der Waals surface area contributed by atoms with Crippen molar-refractivity contribution in [2.75, 3.05) is 39.0 Å². The van der Waals surface area contributed by atoms with Crippen molar-refractivity contribution in [2.24, 2.45) is 0 Å². The first kappa shape index (κ1) is 25.4. The summed E-state index contributed by atoms with van der Waals surface area (Å²) in [5, 5.41) is 13.8. The summed E-state index contributed by atoms with van der Waals surface area (Å²) in [6, 6.07) is 6.80. The van der Waals surface area contributed by atoms with E-state index in [1.54, 1.807) is 30.5 Å². The first-order valence-corrected chi connectivity index (χ1v) is 12.3. The predicted molar refractivity (Wildman–Crippen MR) is 140 cm³/mol. The lowest BCUT2D eigenvalue weighted by molar-refractivity contribution is -0.126. The van der Waals surface area contributed by atoms with Crippen LogP contribution in [0.5, 0.6) is 5.75 Å². The van der Waals surface area contributed by atoms with E-state index in [2.05, 4.69) is 10.3 Å². The summed E-state index contributed by atoms with van der Waals surface area (Å²) < 4.78 is 1.89. The highest BCUT2D eigenvalue weighted by Gasteiger charge is 2.28. The average Bonchev–Trinajstić information content (AvgIpc) is 2.99. The number of carbonyl (C=O) groups is 2. The van der Waals surface area contributed by atoms with Crippen LogP contribution < -0.4 is 5.32 Å². The highest BCUT2D eigenvalue weighted by Crippen LogP contribution is 2.35. The van der Waals surface area contributed by atoms with Crippen molar-refractivity contribution in [2.45, 2.75) is 39.2 Å². The van der Waals surface area contributed by atoms with Crippen molar-refractivity contribution in [1.29, 1.82) is 0 Å². The number of hydrogen-bond acceptors (Lipinski definition) is 6. The van der Waals surface area contributed by atoms with Gasteiger partial charge in [0.15, 0.2) is 0 Å². The molecule has 2 N–H and O–H groups in total. The van der Waals surface area contributed by atoms with Gasteiger partial charge in [-0.2, -0.15) is 0 Å². The molecule has 2 amide bonds. The average molecular weight is 491 g/mol. The number of pyridine rings is 1. The largest absolute Gasteiger partial charge is 0.506 e. The van der Waals surface area contributed by atoms with Crippen molar-refractivity contribution in [3.8, 4) is 5.75 Å². The maximum Gasteiger partial charge on any atom is 0.258 e. The fourth-order valence-electron chi connectivity index (χ4n) is 4.65. The van der Waals surface area contributed by atoms with Crippen LogP contribution in [-0.4, -0.2) is 75.0 Å². The van der Waals surface area contributed by atoms with E-state index >= 15 is 0 Å². The van der Waals surface area contributed by atoms with E-state index in [9.17, 15) is 14.7 Å². The fraction of sp³-hybridized carbons (Fsp3) is 0.407. The number of nitrogens with one attached hydrogen (secondary N) is 1. The molecular formula is C27H34N6O3. The summed E-state index contributed by atoms with van der Waals surface area (Å²) in [6.07, 6.45) is 7.69. The minimum atomic E-state index is -0.304. The molecule has 1 saturated heterocycles. The Kier molecular flexibility index (Phi) is 7.69. The molecule has 1 unspecified atom stereocenters. The van der Waals surface area contributed by atoms with E-state index in [0.29, 0.717) is 42.2 Å². The van der Waals surface area contributed by atoms with Gasteiger partial charge in [-0.1, -0.05) is 6.08 Å². The van der Waals surface area contributed by atoms with Crippen LogP contribution in [0.2, 0.25) is 0 Å². The highest BCUT2D eigenvalue weighted by atomic mass is 16.3. The molecule has 1 atom stereocenters. The molecule has 0 aliphatic carbocycles. The standard InChI is InChI=1S/C27H34N6O3/c1-18-14-22-25(23(34)15-18)33(27(29-22)30-26(36)20-10-11-28-19(2)16-20)21-8-5-6-13-32(17-21)24(35)9-7-12-31(3)4/h7,9-11,14-16,21,34H,5-6,8,12-13,17H2,1-4H3,(H,29,30,36)/b9-7+. The number of imidazole rings is 1. The Hall–Kier alpha value is -3.72. The normalized spacial score (nSPS) is 16.6. The number of amides is 2. The Bertz CT molecular complexity index is 1300. The Balaban J connectivity index is 1.71. The van der Waals surface area contributed by atoms with Gasteiger partial charge in [-0.15, -0.1) is 0 Å². The summed E-state index contributed by atoms with van der Waals surface area (Å²) in [4.78, 5) is 38.8. The molecule has 3 heterocycles. The summed E-state index contributed by atoms with van der Waals surface area (Å²) in [5.41, 5.74) is 3.25. The lowest BCUT2D eigenvalue weighted by Crippen LogP contribution is -2.34. The molecule has 9 heteroatoms. The lowest BCUT2D eigenvalue weighted by Gasteiger charge is -2.26. The molecule has 0 radical (unpaired) electrons. The summed E-state index contributed by atoms with van der Waals surface area (Å²) in [5.74, 6) is 0.117. The number of benzene rings is 1. The molecular weight excluding hydrogens is 456 g/mol. The van der Waals surface area contributed by atoms with Crippen LogP contribution in [0, 0.1) is 13.8 Å². The van der Waals surface area contributed by atoms with Crippen molar-refractivity contribution in [1.82, 2.24) is 24.3 Å². The number of aromatic nitrogens is 3. The minimum Gasteiger partial charge on any atom is -0.506 e. The number of aryl methyl sites for hydroxylation is 2. The van der Waals surface area contributed by atoms with Gasteiger partial charge in [0, 0.05) is 43.2 Å². The predicted octanol–water partition coefficient (Wildman–Crippen LogP) is 3.68. The molecule has 1 fully saturated rings. The molecule has 0 spiro atoms. The van der Waals surface area contributed by atoms with E-state index in [4.69, 9.17) is 4.98 Å². The topological polar surface area (TPSA) is 104 Å². The van der Waals surface area contributed by atoms with Crippen molar-refractivity contribution in [3.05, 3.63) is 59.4 Å². The first-order chi connectivity index (χ1) is 17.2. The van der Waals surface area contributed by atoms with Gasteiger partial charge in [-0.25, -0.2) is 4.98 Å². The lowest BCUT2D eigenvalue weighted by atomic mass is 10.1. The molecule has 4 rings (SSSR count). The number of carbonyl (C=O) groups excluding carboxylic acids is 2. The molecule has 3 aromatic rings. The van der Waals surface area contributed by atoms with Gasteiger partial charge in [0.2, 0.25) is 11.9 Å². The Labute approximate surface area is 211 Å². The fourth-order valence-corrected chi connectivity index (χ4v) is 4.65. The second-order valence-electron chi connectivity index (χ2n) is 9.70. The van der Waals surface area contributed by atoms with Crippen LogP contribution in [0.25, 0.3) is 11.0 Å². The van der Waals surface area contributed by atoms with Crippen molar-refractivity contribution in [3.63, 3.8) is 0 Å². The van der Waals surface area contributed by atoms with E-state index in [1.165, 1.54) is 0 Å². The number of anilines is 1. The number of likely N-dealkylation sites (tertiary alicyclic amines) is 1. The number of aromatic hydroxyl groups is 1. The number of hydrogen-bond donors (Lipinski definition) is 2. The van der Waals surface area contributed by atoms with Crippen LogP contribution in [-0.2, 0) is 4.79 Å². The van der Waals surface area contributed by atoms with Crippen LogP contribution >= 0.6 is 0 Å². The van der Waals surface area contributed by atoms with Gasteiger partial charge >= 0.3 is 0 Å². The maximum atomic E-state index is 13.1. The Morgan fingerprint density at radius 1 is 1.22 bits per heavy atom. The molecule has 9 nitrogen and oxygen atoms in total. The second kappa shape index (κ2) is 10.9. The van der Waals surface area contributed by atoms with Gasteiger partial charge in [-0.3, -0.25) is 19.9 Å². The summed E-state index contributed by atoms with van der Waals surface area (Å²) >= 11 is 0. The first-order valence-electron chi connectivity index (χ1n) is 12.3. The van der Waals surface area contributed by atoms with Gasteiger partial charge in [0.1, 0.15) is 11.3 Å². The molecule has 0 saturated carbocycles. The highest BCUT2D eigenvalue weighted by molar-refractivity contribution is 6.04. The summed E-state index contributed by atoms with van der Waals surface area (Å²) in [6.45, 7) is 5.53. The van der Waals surface area contributed by atoms with Crippen LogP contribution in [0.1, 0.15) is 46.9 Å². The van der Waals surface area contributed by atoms with E-state index < -0.39 is 0 Å². The van der Waals surface area contributed by atoms with Crippen LogP contribution in [0.15, 0.2) is 42.6 Å². The maximum absolute atomic E-state index is 13.1. The van der Waals surface area contributed by atoms with Crippen molar-refractivity contribution >= 4 is 28.8 Å². The molecule has 36 heavy (non-hydrogen) atoms. The number of rotatable bonds is 6. The number of phenolic OH excluding ortho intramolecular Hbond substituents is 1. The number of nitrogens with zero attached hydrogens (tertiary/aromatic N) is 5. The zero-order valence-electron chi connectivity index (χ0n) is 21.4. The zero-order chi connectivity index (χ0) is 25.8. The minimum absolute atomic E-state index is 0.0360. The van der Waals surface area contributed by atoms with Crippen LogP contribution in [0.3, 0.4) is 0 Å².